The summed E-state index contributed by atoms with van der Waals surface area (Å²) in [4.78, 5) is 0. The van der Waals surface area contributed by atoms with Gasteiger partial charge in [-0.2, -0.15) is 0 Å². The van der Waals surface area contributed by atoms with Crippen LogP contribution in [0.5, 0.6) is 0 Å². The molecule has 1 aromatic rings. The van der Waals surface area contributed by atoms with E-state index in [0.717, 1.165) is 13.0 Å². The van der Waals surface area contributed by atoms with E-state index < -0.39 is 0 Å². The molecule has 0 radical (unpaired) electrons. The van der Waals surface area contributed by atoms with Gasteiger partial charge in [0.15, 0.2) is 0 Å². The van der Waals surface area contributed by atoms with Gasteiger partial charge in [-0.1, -0.05) is 37.3 Å². The van der Waals surface area contributed by atoms with Gasteiger partial charge in [-0.05, 0) is 17.9 Å². The molecule has 0 aliphatic carbocycles. The van der Waals surface area contributed by atoms with Crippen molar-refractivity contribution in [2.24, 2.45) is 5.92 Å². The molecule has 1 nitrogen and oxygen atoms in total. The lowest BCUT2D eigenvalue weighted by Crippen LogP contribution is -2.06. The lowest BCUT2D eigenvalue weighted by atomic mass is 9.99. The summed E-state index contributed by atoms with van der Waals surface area (Å²) < 4.78 is 5.24. The van der Waals surface area contributed by atoms with Gasteiger partial charge in [-0.3, -0.25) is 0 Å². The van der Waals surface area contributed by atoms with Crippen LogP contribution in [-0.2, 0) is 11.2 Å². The fourth-order valence-corrected chi connectivity index (χ4v) is 1.50. The Balaban J connectivity index is 1.94. The van der Waals surface area contributed by atoms with Crippen LogP contribution < -0.4 is 0 Å². The van der Waals surface area contributed by atoms with Crippen molar-refractivity contribution in [3.63, 3.8) is 0 Å². The van der Waals surface area contributed by atoms with Crippen LogP contribution in [0.25, 0.3) is 0 Å². The van der Waals surface area contributed by atoms with Gasteiger partial charge in [0.2, 0.25) is 0 Å². The van der Waals surface area contributed by atoms with Crippen molar-refractivity contribution in [3.8, 4) is 0 Å². The first kappa shape index (κ1) is 7.81. The average molecular weight is 162 g/mol. The maximum absolute atomic E-state index is 5.24. The van der Waals surface area contributed by atoms with Crippen molar-refractivity contribution in [2.75, 3.05) is 6.61 Å². The number of hydrogen-bond acceptors (Lipinski definition) is 1. The standard InChI is InChI=1S/C11H14O/c1-9(11-8-12-11)7-10-5-3-2-4-6-10/h2-6,9,11H,7-8H2,1H3/t9-,11+/m0/s1. The molecule has 1 heterocycles. The first-order valence-electron chi connectivity index (χ1n) is 4.52. The lowest BCUT2D eigenvalue weighted by molar-refractivity contribution is 0.341. The van der Waals surface area contributed by atoms with Crippen molar-refractivity contribution >= 4 is 0 Å². The van der Waals surface area contributed by atoms with Gasteiger partial charge in [-0.25, -0.2) is 0 Å². The average Bonchev–Trinajstić information content (AvgIpc) is 2.88. The topological polar surface area (TPSA) is 12.5 Å². The third kappa shape index (κ3) is 1.86. The third-order valence-corrected chi connectivity index (χ3v) is 2.39. The minimum Gasteiger partial charge on any atom is -0.373 e. The summed E-state index contributed by atoms with van der Waals surface area (Å²) >= 11 is 0. The second-order valence-electron chi connectivity index (χ2n) is 3.54. The predicted octanol–water partition coefficient (Wildman–Crippen LogP) is 2.26. The van der Waals surface area contributed by atoms with Crippen molar-refractivity contribution in [1.82, 2.24) is 0 Å². The van der Waals surface area contributed by atoms with Crippen LogP contribution in [0.15, 0.2) is 30.3 Å². The normalized spacial score (nSPS) is 23.6. The Kier molecular flexibility index (Phi) is 2.13. The number of rotatable bonds is 3. The molecule has 0 aromatic heterocycles. The molecule has 12 heavy (non-hydrogen) atoms. The zero-order chi connectivity index (χ0) is 8.39. The van der Waals surface area contributed by atoms with E-state index in [-0.39, 0.29) is 0 Å². The van der Waals surface area contributed by atoms with E-state index in [0.29, 0.717) is 12.0 Å². The number of ether oxygens (including phenoxy) is 1. The Morgan fingerprint density at radius 1 is 1.42 bits per heavy atom. The van der Waals surface area contributed by atoms with Crippen molar-refractivity contribution in [1.29, 1.82) is 0 Å². The van der Waals surface area contributed by atoms with E-state index >= 15 is 0 Å². The van der Waals surface area contributed by atoms with Crippen LogP contribution in [0, 0.1) is 5.92 Å². The zero-order valence-corrected chi connectivity index (χ0v) is 7.36. The molecule has 0 spiro atoms. The van der Waals surface area contributed by atoms with E-state index in [2.05, 4.69) is 37.3 Å². The Hall–Kier alpha value is -0.820. The molecule has 2 rings (SSSR count). The molecule has 1 aliphatic rings. The largest absolute Gasteiger partial charge is 0.373 e. The van der Waals surface area contributed by atoms with E-state index in [1.165, 1.54) is 5.56 Å². The van der Waals surface area contributed by atoms with Crippen LogP contribution in [0.2, 0.25) is 0 Å². The Morgan fingerprint density at radius 3 is 2.67 bits per heavy atom. The molecule has 1 aromatic carbocycles. The summed E-state index contributed by atoms with van der Waals surface area (Å²) in [5.41, 5.74) is 1.42. The Labute approximate surface area is 73.4 Å². The summed E-state index contributed by atoms with van der Waals surface area (Å²) in [5, 5.41) is 0. The van der Waals surface area contributed by atoms with Crippen molar-refractivity contribution in [2.45, 2.75) is 19.4 Å². The molecule has 0 N–H and O–H groups in total. The van der Waals surface area contributed by atoms with Crippen molar-refractivity contribution < 1.29 is 4.74 Å². The van der Waals surface area contributed by atoms with Crippen LogP contribution in [-0.4, -0.2) is 12.7 Å². The highest BCUT2D eigenvalue weighted by Crippen LogP contribution is 2.22. The lowest BCUT2D eigenvalue weighted by Gasteiger charge is -2.06. The van der Waals surface area contributed by atoms with E-state index in [4.69, 9.17) is 4.74 Å². The SMILES string of the molecule is C[C@@H](Cc1ccccc1)[C@H]1CO1. The van der Waals surface area contributed by atoms with E-state index in [1.807, 2.05) is 0 Å². The molecular weight excluding hydrogens is 148 g/mol. The second-order valence-corrected chi connectivity index (χ2v) is 3.54. The van der Waals surface area contributed by atoms with Gasteiger partial charge >= 0.3 is 0 Å². The molecule has 64 valence electrons. The monoisotopic (exact) mass is 162 g/mol. The summed E-state index contributed by atoms with van der Waals surface area (Å²) in [7, 11) is 0. The summed E-state index contributed by atoms with van der Waals surface area (Å²) in [6, 6.07) is 10.6. The third-order valence-electron chi connectivity index (χ3n) is 2.39. The number of epoxide rings is 1. The summed E-state index contributed by atoms with van der Waals surface area (Å²) in [6.07, 6.45) is 1.68. The molecule has 1 saturated heterocycles. The maximum Gasteiger partial charge on any atom is 0.0838 e. The minimum atomic E-state index is 0.533. The molecule has 1 heteroatoms. The molecule has 0 saturated carbocycles. The molecule has 0 unspecified atom stereocenters. The van der Waals surface area contributed by atoms with Gasteiger partial charge in [0.05, 0.1) is 12.7 Å². The first-order chi connectivity index (χ1) is 5.86. The van der Waals surface area contributed by atoms with E-state index in [9.17, 15) is 0 Å². The van der Waals surface area contributed by atoms with Crippen LogP contribution in [0.4, 0.5) is 0 Å². The highest BCUT2D eigenvalue weighted by molar-refractivity contribution is 5.15. The molecule has 0 amide bonds. The number of benzene rings is 1. The van der Waals surface area contributed by atoms with Gasteiger partial charge < -0.3 is 4.74 Å². The van der Waals surface area contributed by atoms with Crippen LogP contribution in [0.1, 0.15) is 12.5 Å². The Bertz CT molecular complexity index is 238. The van der Waals surface area contributed by atoms with Gasteiger partial charge in [0.1, 0.15) is 0 Å². The molecule has 2 atom stereocenters. The predicted molar refractivity (Wildman–Crippen MR) is 49.1 cm³/mol. The van der Waals surface area contributed by atoms with Gasteiger partial charge in [0.25, 0.3) is 0 Å². The second kappa shape index (κ2) is 3.28. The minimum absolute atomic E-state index is 0.533. The molecular formula is C11H14O. The molecule has 0 bridgehead atoms. The molecule has 1 fully saturated rings. The van der Waals surface area contributed by atoms with Crippen molar-refractivity contribution in [3.05, 3.63) is 35.9 Å². The fraction of sp³-hybridized carbons (Fsp3) is 0.455. The smallest absolute Gasteiger partial charge is 0.0838 e. The Morgan fingerprint density at radius 2 is 2.08 bits per heavy atom. The highest BCUT2D eigenvalue weighted by Gasteiger charge is 2.28. The van der Waals surface area contributed by atoms with E-state index in [1.54, 1.807) is 0 Å². The van der Waals surface area contributed by atoms with Crippen LogP contribution >= 0.6 is 0 Å². The summed E-state index contributed by atoms with van der Waals surface area (Å²) in [6.45, 7) is 3.22. The van der Waals surface area contributed by atoms with Gasteiger partial charge in [0, 0.05) is 0 Å². The quantitative estimate of drug-likeness (QED) is 0.621. The molecule has 1 aliphatic heterocycles. The zero-order valence-electron chi connectivity index (χ0n) is 7.36. The number of hydrogen-bond donors (Lipinski definition) is 0. The highest BCUT2D eigenvalue weighted by atomic mass is 16.6. The summed E-state index contributed by atoms with van der Waals surface area (Å²) in [5.74, 6) is 0.674. The maximum atomic E-state index is 5.24. The van der Waals surface area contributed by atoms with Crippen LogP contribution in [0.3, 0.4) is 0 Å². The first-order valence-corrected chi connectivity index (χ1v) is 4.52. The van der Waals surface area contributed by atoms with Gasteiger partial charge in [-0.15, -0.1) is 0 Å². The fourth-order valence-electron chi connectivity index (χ4n) is 1.50.